The molecule has 144 valence electrons. The van der Waals surface area contributed by atoms with E-state index in [9.17, 15) is 4.79 Å². The smallest absolute Gasteiger partial charge is 0.267 e. The SMILES string of the molecule is O=C(Nn1ccc(-c2cccnc2)n1)c1cc(-c2ccccc2)nc2ccccc12. The van der Waals surface area contributed by atoms with E-state index in [1.807, 2.05) is 78.9 Å². The highest BCUT2D eigenvalue weighted by Crippen LogP contribution is 2.25. The second-order valence-corrected chi connectivity index (χ2v) is 6.77. The fraction of sp³-hybridized carbons (Fsp3) is 0. The summed E-state index contributed by atoms with van der Waals surface area (Å²) < 4.78 is 0. The number of aromatic nitrogens is 4. The molecule has 0 bridgehead atoms. The van der Waals surface area contributed by atoms with Crippen LogP contribution in [0.5, 0.6) is 0 Å². The number of amides is 1. The van der Waals surface area contributed by atoms with Gasteiger partial charge < -0.3 is 0 Å². The van der Waals surface area contributed by atoms with Crippen LogP contribution in [0.4, 0.5) is 0 Å². The lowest BCUT2D eigenvalue weighted by Crippen LogP contribution is -2.23. The Kier molecular flexibility index (Phi) is 4.50. The van der Waals surface area contributed by atoms with Crippen molar-refractivity contribution in [3.63, 3.8) is 0 Å². The lowest BCUT2D eigenvalue weighted by atomic mass is 10.0. The molecule has 3 aromatic heterocycles. The fourth-order valence-corrected chi connectivity index (χ4v) is 3.34. The average Bonchev–Trinajstić information content (AvgIpc) is 3.28. The Bertz CT molecular complexity index is 1330. The minimum absolute atomic E-state index is 0.258. The molecule has 0 atom stereocenters. The molecule has 0 saturated heterocycles. The zero-order valence-electron chi connectivity index (χ0n) is 15.9. The Morgan fingerprint density at radius 2 is 1.63 bits per heavy atom. The molecule has 2 aromatic carbocycles. The van der Waals surface area contributed by atoms with Crippen LogP contribution in [-0.2, 0) is 0 Å². The molecule has 0 spiro atoms. The van der Waals surface area contributed by atoms with Crippen LogP contribution in [0.3, 0.4) is 0 Å². The van der Waals surface area contributed by atoms with Crippen LogP contribution >= 0.6 is 0 Å². The highest BCUT2D eigenvalue weighted by atomic mass is 16.2. The van der Waals surface area contributed by atoms with Gasteiger partial charge in [0.05, 0.1) is 22.5 Å². The summed E-state index contributed by atoms with van der Waals surface area (Å²) in [7, 11) is 0. The van der Waals surface area contributed by atoms with Crippen LogP contribution in [-0.4, -0.2) is 25.8 Å². The van der Waals surface area contributed by atoms with E-state index in [0.717, 1.165) is 33.4 Å². The van der Waals surface area contributed by atoms with Gasteiger partial charge in [0.2, 0.25) is 0 Å². The predicted octanol–water partition coefficient (Wildman–Crippen LogP) is 4.54. The summed E-state index contributed by atoms with van der Waals surface area (Å²) in [4.78, 5) is 23.4. The van der Waals surface area contributed by atoms with Crippen molar-refractivity contribution >= 4 is 16.8 Å². The third-order valence-corrected chi connectivity index (χ3v) is 4.79. The van der Waals surface area contributed by atoms with Crippen molar-refractivity contribution in [1.29, 1.82) is 0 Å². The number of nitrogens with zero attached hydrogens (tertiary/aromatic N) is 4. The van der Waals surface area contributed by atoms with Crippen molar-refractivity contribution in [2.75, 3.05) is 5.43 Å². The number of carbonyl (C=O) groups excluding carboxylic acids is 1. The molecule has 6 heteroatoms. The Balaban J connectivity index is 1.51. The quantitative estimate of drug-likeness (QED) is 0.488. The number of benzene rings is 2. The molecular formula is C24H17N5O. The molecule has 0 radical (unpaired) electrons. The fourth-order valence-electron chi connectivity index (χ4n) is 3.34. The Morgan fingerprint density at radius 1 is 0.833 bits per heavy atom. The summed E-state index contributed by atoms with van der Waals surface area (Å²) in [5.74, 6) is -0.258. The van der Waals surface area contributed by atoms with Gasteiger partial charge in [-0.25, -0.2) is 10.4 Å². The van der Waals surface area contributed by atoms with E-state index in [4.69, 9.17) is 4.98 Å². The Labute approximate surface area is 172 Å². The molecule has 0 aliphatic carbocycles. The van der Waals surface area contributed by atoms with Gasteiger partial charge in [-0.1, -0.05) is 48.5 Å². The first-order valence-electron chi connectivity index (χ1n) is 9.50. The van der Waals surface area contributed by atoms with Crippen LogP contribution in [0.1, 0.15) is 10.4 Å². The lowest BCUT2D eigenvalue weighted by Gasteiger charge is -2.10. The van der Waals surface area contributed by atoms with Crippen LogP contribution in [0.15, 0.2) is 97.5 Å². The predicted molar refractivity (Wildman–Crippen MR) is 116 cm³/mol. The molecule has 1 N–H and O–H groups in total. The van der Waals surface area contributed by atoms with E-state index < -0.39 is 0 Å². The van der Waals surface area contributed by atoms with Crippen LogP contribution < -0.4 is 5.43 Å². The monoisotopic (exact) mass is 391 g/mol. The first-order chi connectivity index (χ1) is 14.8. The van der Waals surface area contributed by atoms with Gasteiger partial charge in [-0.05, 0) is 30.3 Å². The summed E-state index contributed by atoms with van der Waals surface area (Å²) in [6, 6.07) is 24.9. The van der Waals surface area contributed by atoms with Gasteiger partial charge in [-0.3, -0.25) is 9.78 Å². The van der Waals surface area contributed by atoms with Gasteiger partial charge in [0.1, 0.15) is 0 Å². The van der Waals surface area contributed by atoms with Gasteiger partial charge in [0, 0.05) is 35.1 Å². The van der Waals surface area contributed by atoms with E-state index in [1.54, 1.807) is 18.6 Å². The number of hydrogen-bond acceptors (Lipinski definition) is 4. The third-order valence-electron chi connectivity index (χ3n) is 4.79. The van der Waals surface area contributed by atoms with Crippen LogP contribution in [0.25, 0.3) is 33.4 Å². The van der Waals surface area contributed by atoms with Crippen molar-refractivity contribution in [3.05, 3.63) is 103 Å². The highest BCUT2D eigenvalue weighted by molar-refractivity contribution is 6.10. The van der Waals surface area contributed by atoms with E-state index in [-0.39, 0.29) is 5.91 Å². The second-order valence-electron chi connectivity index (χ2n) is 6.77. The molecule has 30 heavy (non-hydrogen) atoms. The van der Waals surface area contributed by atoms with Crippen molar-refractivity contribution in [1.82, 2.24) is 19.9 Å². The first-order valence-corrected chi connectivity index (χ1v) is 9.50. The first kappa shape index (κ1) is 17.8. The summed E-state index contributed by atoms with van der Waals surface area (Å²) in [6.07, 6.45) is 5.15. The standard InChI is InChI=1S/C24H17N5O/c30-24(28-29-14-12-21(27-29)18-9-6-13-25-16-18)20-15-23(17-7-2-1-3-8-17)26-22-11-5-4-10-19(20)22/h1-16H,(H,28,30). The number of para-hydroxylation sites is 1. The maximum atomic E-state index is 13.1. The number of carbonyl (C=O) groups is 1. The highest BCUT2D eigenvalue weighted by Gasteiger charge is 2.15. The van der Waals surface area contributed by atoms with Crippen molar-refractivity contribution in [2.24, 2.45) is 0 Å². The molecule has 3 heterocycles. The zero-order valence-corrected chi connectivity index (χ0v) is 15.9. The number of pyridine rings is 2. The zero-order chi connectivity index (χ0) is 20.3. The maximum absolute atomic E-state index is 13.1. The molecular weight excluding hydrogens is 374 g/mol. The molecule has 1 amide bonds. The van der Waals surface area contributed by atoms with E-state index in [2.05, 4.69) is 15.5 Å². The molecule has 0 saturated carbocycles. The van der Waals surface area contributed by atoms with Crippen molar-refractivity contribution < 1.29 is 4.79 Å². The molecule has 0 aliphatic rings. The largest absolute Gasteiger partial charge is 0.272 e. The molecule has 0 aliphatic heterocycles. The normalized spacial score (nSPS) is 10.8. The maximum Gasteiger partial charge on any atom is 0.272 e. The molecule has 5 rings (SSSR count). The van der Waals surface area contributed by atoms with Crippen molar-refractivity contribution in [3.8, 4) is 22.5 Å². The number of nitrogens with one attached hydrogen (secondary N) is 1. The molecule has 5 aromatic rings. The van der Waals surface area contributed by atoms with Gasteiger partial charge >= 0.3 is 0 Å². The van der Waals surface area contributed by atoms with Gasteiger partial charge in [0.25, 0.3) is 5.91 Å². The van der Waals surface area contributed by atoms with Gasteiger partial charge in [-0.15, -0.1) is 0 Å². The number of hydrogen-bond donors (Lipinski definition) is 1. The summed E-state index contributed by atoms with van der Waals surface area (Å²) in [5, 5.41) is 5.22. The van der Waals surface area contributed by atoms with Crippen molar-refractivity contribution in [2.45, 2.75) is 0 Å². The average molecular weight is 391 g/mol. The Morgan fingerprint density at radius 3 is 2.47 bits per heavy atom. The lowest BCUT2D eigenvalue weighted by molar-refractivity contribution is 0.101. The minimum Gasteiger partial charge on any atom is -0.267 e. The molecule has 0 fully saturated rings. The van der Waals surface area contributed by atoms with E-state index >= 15 is 0 Å². The second kappa shape index (κ2) is 7.60. The minimum atomic E-state index is -0.258. The van der Waals surface area contributed by atoms with Crippen LogP contribution in [0.2, 0.25) is 0 Å². The van der Waals surface area contributed by atoms with Crippen LogP contribution in [0, 0.1) is 0 Å². The Hall–Kier alpha value is -4.32. The topological polar surface area (TPSA) is 72.7 Å². The molecule has 0 unspecified atom stereocenters. The van der Waals surface area contributed by atoms with E-state index in [1.165, 1.54) is 4.79 Å². The van der Waals surface area contributed by atoms with Gasteiger partial charge in [0.15, 0.2) is 0 Å². The number of rotatable bonds is 4. The van der Waals surface area contributed by atoms with Gasteiger partial charge in [-0.2, -0.15) is 9.89 Å². The van der Waals surface area contributed by atoms with E-state index in [0.29, 0.717) is 5.56 Å². The third kappa shape index (κ3) is 3.42. The summed E-state index contributed by atoms with van der Waals surface area (Å²) in [5.41, 5.74) is 7.45. The molecule has 6 nitrogen and oxygen atoms in total. The number of fused-ring (bicyclic) bond motifs is 1. The summed E-state index contributed by atoms with van der Waals surface area (Å²) in [6.45, 7) is 0. The summed E-state index contributed by atoms with van der Waals surface area (Å²) >= 11 is 0.